The molecular weight excluding hydrogens is 382 g/mol. The maximum absolute atomic E-state index is 11.0. The molecule has 3 rings (SSSR count). The van der Waals surface area contributed by atoms with Gasteiger partial charge in [-0.2, -0.15) is 0 Å². The highest BCUT2D eigenvalue weighted by Gasteiger charge is 2.15. The summed E-state index contributed by atoms with van der Waals surface area (Å²) in [6.45, 7) is 0. The van der Waals surface area contributed by atoms with Crippen LogP contribution in [0.5, 0.6) is 0 Å². The Labute approximate surface area is 144 Å². The lowest BCUT2D eigenvalue weighted by molar-refractivity contribution is -0.385. The molecule has 0 amide bonds. The number of halogens is 1. The summed E-state index contributed by atoms with van der Waals surface area (Å²) in [5.41, 5.74) is 1.51. The lowest BCUT2D eigenvalue weighted by Crippen LogP contribution is -1.93. The molecule has 0 fully saturated rings. The third-order valence-corrected chi connectivity index (χ3v) is 4.38. The van der Waals surface area contributed by atoms with Crippen LogP contribution in [0.3, 0.4) is 0 Å². The van der Waals surface area contributed by atoms with E-state index >= 15 is 0 Å². The Morgan fingerprint density at radius 1 is 1.17 bits per heavy atom. The normalized spacial score (nSPS) is 10.7. The van der Waals surface area contributed by atoms with Gasteiger partial charge in [0.15, 0.2) is 0 Å². The molecule has 0 bridgehead atoms. The van der Waals surface area contributed by atoms with Gasteiger partial charge in [-0.25, -0.2) is 0 Å². The first-order chi connectivity index (χ1) is 11.1. The molecule has 1 aromatic heterocycles. The van der Waals surface area contributed by atoms with E-state index in [1.54, 1.807) is 18.2 Å². The summed E-state index contributed by atoms with van der Waals surface area (Å²) in [4.78, 5) is 10.6. The van der Waals surface area contributed by atoms with Crippen molar-refractivity contribution in [2.24, 2.45) is 0 Å². The Bertz CT molecular complexity index is 853. The summed E-state index contributed by atoms with van der Waals surface area (Å²) in [6.07, 6.45) is 0. The number of rotatable bonds is 5. The Morgan fingerprint density at radius 3 is 2.78 bits per heavy atom. The van der Waals surface area contributed by atoms with Gasteiger partial charge in [0.2, 0.25) is 5.89 Å². The SMILES string of the molecule is O=[N+]([O-])c1ccccc1CSc1nnc(-c2cccc(Br)c2)o1. The van der Waals surface area contributed by atoms with E-state index < -0.39 is 4.92 Å². The van der Waals surface area contributed by atoms with Crippen molar-refractivity contribution in [1.82, 2.24) is 10.2 Å². The zero-order valence-corrected chi connectivity index (χ0v) is 14.1. The second kappa shape index (κ2) is 6.93. The van der Waals surface area contributed by atoms with E-state index in [1.807, 2.05) is 24.3 Å². The summed E-state index contributed by atoms with van der Waals surface area (Å²) in [7, 11) is 0. The minimum atomic E-state index is -0.392. The van der Waals surface area contributed by atoms with Crippen LogP contribution in [-0.4, -0.2) is 15.1 Å². The smallest absolute Gasteiger partial charge is 0.277 e. The van der Waals surface area contributed by atoms with E-state index in [1.165, 1.54) is 17.8 Å². The van der Waals surface area contributed by atoms with Gasteiger partial charge >= 0.3 is 0 Å². The molecule has 0 N–H and O–H groups in total. The molecule has 6 nitrogen and oxygen atoms in total. The standard InChI is InChI=1S/C15H10BrN3O3S/c16-12-6-3-5-10(8-12)14-17-18-15(22-14)23-9-11-4-1-2-7-13(11)19(20)21/h1-8H,9H2. The number of thioether (sulfide) groups is 1. The van der Waals surface area contributed by atoms with Crippen molar-refractivity contribution >= 4 is 33.4 Å². The van der Waals surface area contributed by atoms with Crippen LogP contribution in [0.2, 0.25) is 0 Å². The van der Waals surface area contributed by atoms with E-state index in [2.05, 4.69) is 26.1 Å². The molecule has 0 aliphatic rings. The number of benzene rings is 2. The summed E-state index contributed by atoms with van der Waals surface area (Å²) in [5.74, 6) is 0.799. The Balaban J connectivity index is 1.74. The van der Waals surface area contributed by atoms with Crippen LogP contribution < -0.4 is 0 Å². The van der Waals surface area contributed by atoms with Gasteiger partial charge in [0.25, 0.3) is 10.9 Å². The fraction of sp³-hybridized carbons (Fsp3) is 0.0667. The molecule has 8 heteroatoms. The lowest BCUT2D eigenvalue weighted by Gasteiger charge is -2.00. The van der Waals surface area contributed by atoms with E-state index in [4.69, 9.17) is 4.42 Å². The minimum absolute atomic E-state index is 0.0896. The third-order valence-electron chi connectivity index (χ3n) is 3.02. The molecule has 0 saturated heterocycles. The first-order valence-corrected chi connectivity index (χ1v) is 8.36. The Kier molecular flexibility index (Phi) is 4.73. The molecule has 116 valence electrons. The fourth-order valence-electron chi connectivity index (χ4n) is 1.96. The van der Waals surface area contributed by atoms with E-state index in [-0.39, 0.29) is 5.69 Å². The van der Waals surface area contributed by atoms with Crippen molar-refractivity contribution < 1.29 is 9.34 Å². The highest BCUT2D eigenvalue weighted by molar-refractivity contribution is 9.10. The predicted octanol–water partition coefficient (Wildman–Crippen LogP) is 4.70. The molecule has 0 spiro atoms. The molecular formula is C15H10BrN3O3S. The molecule has 3 aromatic rings. The van der Waals surface area contributed by atoms with Crippen molar-refractivity contribution in [3.63, 3.8) is 0 Å². The molecule has 0 saturated carbocycles. The summed E-state index contributed by atoms with van der Waals surface area (Å²) >= 11 is 4.66. The van der Waals surface area contributed by atoms with Crippen LogP contribution in [-0.2, 0) is 5.75 Å². The van der Waals surface area contributed by atoms with Gasteiger partial charge in [0.1, 0.15) is 0 Å². The zero-order chi connectivity index (χ0) is 16.2. The van der Waals surface area contributed by atoms with Gasteiger partial charge in [-0.15, -0.1) is 10.2 Å². The zero-order valence-electron chi connectivity index (χ0n) is 11.7. The van der Waals surface area contributed by atoms with Crippen molar-refractivity contribution in [3.8, 4) is 11.5 Å². The van der Waals surface area contributed by atoms with Crippen LogP contribution in [0.25, 0.3) is 11.5 Å². The lowest BCUT2D eigenvalue weighted by atomic mass is 10.2. The largest absolute Gasteiger partial charge is 0.411 e. The minimum Gasteiger partial charge on any atom is -0.411 e. The molecule has 0 unspecified atom stereocenters. The fourth-order valence-corrected chi connectivity index (χ4v) is 3.12. The topological polar surface area (TPSA) is 82.1 Å². The van der Waals surface area contributed by atoms with E-state index in [9.17, 15) is 10.1 Å². The van der Waals surface area contributed by atoms with Crippen molar-refractivity contribution in [1.29, 1.82) is 0 Å². The quantitative estimate of drug-likeness (QED) is 0.356. The maximum Gasteiger partial charge on any atom is 0.277 e. The number of hydrogen-bond donors (Lipinski definition) is 0. The van der Waals surface area contributed by atoms with Gasteiger partial charge in [0.05, 0.1) is 4.92 Å². The van der Waals surface area contributed by atoms with Crippen molar-refractivity contribution in [3.05, 3.63) is 68.7 Å². The van der Waals surface area contributed by atoms with Crippen LogP contribution in [0.15, 0.2) is 62.6 Å². The second-order valence-electron chi connectivity index (χ2n) is 4.56. The number of aromatic nitrogens is 2. The Hall–Kier alpha value is -2.19. The Morgan fingerprint density at radius 2 is 2.00 bits per heavy atom. The van der Waals surface area contributed by atoms with Gasteiger partial charge in [0, 0.05) is 27.4 Å². The average molecular weight is 392 g/mol. The molecule has 2 aromatic carbocycles. The first-order valence-electron chi connectivity index (χ1n) is 6.58. The number of nitro benzene ring substituents is 1. The number of hydrogen-bond acceptors (Lipinski definition) is 6. The maximum atomic E-state index is 11.0. The van der Waals surface area contributed by atoms with Gasteiger partial charge in [-0.05, 0) is 18.2 Å². The summed E-state index contributed by atoms with van der Waals surface area (Å²) in [6, 6.07) is 14.1. The van der Waals surface area contributed by atoms with Crippen molar-refractivity contribution in [2.75, 3.05) is 0 Å². The molecule has 0 aliphatic heterocycles. The summed E-state index contributed by atoms with van der Waals surface area (Å²) < 4.78 is 6.52. The number of para-hydroxylation sites is 1. The van der Waals surface area contributed by atoms with Gasteiger partial charge < -0.3 is 4.42 Å². The summed E-state index contributed by atoms with van der Waals surface area (Å²) in [5, 5.41) is 19.3. The van der Waals surface area contributed by atoms with E-state index in [0.717, 1.165) is 10.0 Å². The van der Waals surface area contributed by atoms with Crippen LogP contribution in [0, 0.1) is 10.1 Å². The van der Waals surface area contributed by atoms with Crippen molar-refractivity contribution in [2.45, 2.75) is 11.0 Å². The molecule has 23 heavy (non-hydrogen) atoms. The highest BCUT2D eigenvalue weighted by Crippen LogP contribution is 2.29. The number of nitrogens with zero attached hydrogens (tertiary/aromatic N) is 3. The molecule has 0 aliphatic carbocycles. The van der Waals surface area contributed by atoms with Crippen LogP contribution in [0.4, 0.5) is 5.69 Å². The first kappa shape index (κ1) is 15.7. The van der Waals surface area contributed by atoms with Gasteiger partial charge in [-0.1, -0.05) is 52.0 Å². The van der Waals surface area contributed by atoms with Crippen LogP contribution in [0.1, 0.15) is 5.56 Å². The molecule has 0 radical (unpaired) electrons. The second-order valence-corrected chi connectivity index (χ2v) is 6.40. The number of nitro groups is 1. The predicted molar refractivity (Wildman–Crippen MR) is 90.1 cm³/mol. The average Bonchev–Trinajstić information content (AvgIpc) is 3.02. The third kappa shape index (κ3) is 3.77. The molecule has 1 heterocycles. The highest BCUT2D eigenvalue weighted by atomic mass is 79.9. The monoisotopic (exact) mass is 391 g/mol. The van der Waals surface area contributed by atoms with E-state index in [0.29, 0.717) is 22.4 Å². The van der Waals surface area contributed by atoms with Gasteiger partial charge in [-0.3, -0.25) is 10.1 Å². The van der Waals surface area contributed by atoms with Crippen LogP contribution >= 0.6 is 27.7 Å². The molecule has 0 atom stereocenters.